The largest absolute Gasteiger partial charge is 0.493 e. The number of nitrogens with one attached hydrogen (secondary N) is 1. The normalized spacial score (nSPS) is 10.5. The highest BCUT2D eigenvalue weighted by molar-refractivity contribution is 7.08. The Morgan fingerprint density at radius 2 is 2.04 bits per heavy atom. The lowest BCUT2D eigenvalue weighted by Gasteiger charge is -2.10. The van der Waals surface area contributed by atoms with E-state index in [1.165, 1.54) is 0 Å². The van der Waals surface area contributed by atoms with Crippen LogP contribution in [0, 0.1) is 0 Å². The van der Waals surface area contributed by atoms with E-state index in [2.05, 4.69) is 15.8 Å². The summed E-state index contributed by atoms with van der Waals surface area (Å²) in [6, 6.07) is 9.51. The van der Waals surface area contributed by atoms with Crippen molar-refractivity contribution in [1.82, 2.24) is 15.1 Å². The van der Waals surface area contributed by atoms with Crippen molar-refractivity contribution in [2.45, 2.75) is 13.0 Å². The number of hydrogen-bond donors (Lipinski definition) is 1. The molecule has 0 radical (unpaired) electrons. The van der Waals surface area contributed by atoms with E-state index >= 15 is 0 Å². The van der Waals surface area contributed by atoms with Gasteiger partial charge >= 0.3 is 0 Å². The summed E-state index contributed by atoms with van der Waals surface area (Å²) in [7, 11) is 3.17. The van der Waals surface area contributed by atoms with Crippen LogP contribution in [0.25, 0.3) is 11.3 Å². The van der Waals surface area contributed by atoms with Crippen molar-refractivity contribution in [3.8, 4) is 22.8 Å². The molecule has 0 saturated heterocycles. The van der Waals surface area contributed by atoms with Crippen LogP contribution in [0.1, 0.15) is 5.56 Å². The second-order valence-corrected chi connectivity index (χ2v) is 6.47. The first-order valence-corrected chi connectivity index (χ1v) is 9.17. The van der Waals surface area contributed by atoms with Crippen LogP contribution in [0.15, 0.2) is 47.3 Å². The number of benzene rings is 1. The van der Waals surface area contributed by atoms with Crippen LogP contribution in [0.3, 0.4) is 0 Å². The van der Waals surface area contributed by atoms with Crippen LogP contribution in [0.4, 0.5) is 0 Å². The highest BCUT2D eigenvalue weighted by Gasteiger charge is 2.08. The molecule has 0 spiro atoms. The third-order valence-corrected chi connectivity index (χ3v) is 4.62. The highest BCUT2D eigenvalue weighted by Crippen LogP contribution is 2.27. The molecule has 0 aliphatic rings. The number of amides is 1. The Balaban J connectivity index is 1.49. The second-order valence-electron chi connectivity index (χ2n) is 5.69. The van der Waals surface area contributed by atoms with E-state index in [0.29, 0.717) is 31.0 Å². The summed E-state index contributed by atoms with van der Waals surface area (Å²) in [6.45, 7) is 1.15. The van der Waals surface area contributed by atoms with Crippen molar-refractivity contribution < 1.29 is 14.3 Å². The Bertz CT molecular complexity index is 859. The minimum Gasteiger partial charge on any atom is -0.493 e. The van der Waals surface area contributed by atoms with Gasteiger partial charge in [-0.05, 0) is 35.2 Å². The van der Waals surface area contributed by atoms with Gasteiger partial charge in [-0.25, -0.2) is 0 Å². The molecule has 0 saturated carbocycles. The van der Waals surface area contributed by atoms with Crippen LogP contribution in [-0.2, 0) is 17.8 Å². The lowest BCUT2D eigenvalue weighted by molar-refractivity contribution is -0.120. The quantitative estimate of drug-likeness (QED) is 0.661. The number of hydrogen-bond acceptors (Lipinski definition) is 5. The first-order valence-electron chi connectivity index (χ1n) is 8.23. The molecule has 3 aromatic rings. The fourth-order valence-electron chi connectivity index (χ4n) is 2.60. The van der Waals surface area contributed by atoms with Crippen LogP contribution in [0.5, 0.6) is 11.5 Å². The van der Waals surface area contributed by atoms with Gasteiger partial charge in [-0.2, -0.15) is 16.4 Å². The molecule has 1 N–H and O–H groups in total. The molecule has 2 heterocycles. The maximum atomic E-state index is 12.1. The smallest absolute Gasteiger partial charge is 0.224 e. The third kappa shape index (κ3) is 4.43. The summed E-state index contributed by atoms with van der Waals surface area (Å²) in [4.78, 5) is 12.1. The lowest BCUT2D eigenvalue weighted by Crippen LogP contribution is -2.28. The molecule has 1 amide bonds. The molecule has 0 unspecified atom stereocenters. The fourth-order valence-corrected chi connectivity index (χ4v) is 3.25. The van der Waals surface area contributed by atoms with Crippen molar-refractivity contribution in [2.75, 3.05) is 20.8 Å². The zero-order valence-corrected chi connectivity index (χ0v) is 15.6. The van der Waals surface area contributed by atoms with E-state index in [-0.39, 0.29) is 5.91 Å². The molecular weight excluding hydrogens is 350 g/mol. The van der Waals surface area contributed by atoms with Crippen LogP contribution < -0.4 is 14.8 Å². The van der Waals surface area contributed by atoms with Gasteiger partial charge in [0.2, 0.25) is 5.91 Å². The number of aromatic nitrogens is 2. The summed E-state index contributed by atoms with van der Waals surface area (Å²) in [6.07, 6.45) is 2.22. The van der Waals surface area contributed by atoms with Crippen molar-refractivity contribution >= 4 is 17.2 Å². The van der Waals surface area contributed by atoms with Crippen LogP contribution in [0.2, 0.25) is 0 Å². The van der Waals surface area contributed by atoms with Gasteiger partial charge in [0.1, 0.15) is 0 Å². The Hall–Kier alpha value is -2.80. The Morgan fingerprint density at radius 1 is 1.19 bits per heavy atom. The fraction of sp³-hybridized carbons (Fsp3) is 0.263. The Labute approximate surface area is 156 Å². The number of methoxy groups -OCH3 is 2. The van der Waals surface area contributed by atoms with Crippen LogP contribution in [-0.4, -0.2) is 36.5 Å². The molecule has 2 aromatic heterocycles. The van der Waals surface area contributed by atoms with Gasteiger partial charge in [0.25, 0.3) is 0 Å². The van der Waals surface area contributed by atoms with Gasteiger partial charge in [-0.15, -0.1) is 0 Å². The molecule has 3 rings (SSSR count). The van der Waals surface area contributed by atoms with Gasteiger partial charge in [0, 0.05) is 23.7 Å². The van der Waals surface area contributed by atoms with Gasteiger partial charge in [-0.1, -0.05) is 6.07 Å². The van der Waals surface area contributed by atoms with Gasteiger partial charge in [-0.3, -0.25) is 9.48 Å². The average Bonchev–Trinajstić information content (AvgIpc) is 3.33. The van der Waals surface area contributed by atoms with Gasteiger partial charge in [0.15, 0.2) is 11.5 Å². The van der Waals surface area contributed by atoms with Crippen molar-refractivity contribution in [2.24, 2.45) is 0 Å². The van der Waals surface area contributed by atoms with E-state index < -0.39 is 0 Å². The predicted octanol–water partition coefficient (Wildman–Crippen LogP) is 2.99. The molecule has 26 heavy (non-hydrogen) atoms. The van der Waals surface area contributed by atoms with E-state index in [4.69, 9.17) is 9.47 Å². The number of carbonyl (C=O) groups excluding carboxylic acids is 1. The van der Waals surface area contributed by atoms with Crippen LogP contribution >= 0.6 is 11.3 Å². The SMILES string of the molecule is COc1ccc(CC(=O)NCCn2ccc(-c3ccsc3)n2)cc1OC. The summed E-state index contributed by atoms with van der Waals surface area (Å²) < 4.78 is 12.3. The number of nitrogens with zero attached hydrogens (tertiary/aromatic N) is 2. The number of ether oxygens (including phenoxy) is 2. The molecule has 0 aliphatic heterocycles. The average molecular weight is 371 g/mol. The molecule has 0 fully saturated rings. The molecular formula is C19H21N3O3S. The summed E-state index contributed by atoms with van der Waals surface area (Å²) in [5.41, 5.74) is 2.94. The third-order valence-electron chi connectivity index (χ3n) is 3.93. The van der Waals surface area contributed by atoms with E-state index in [1.807, 2.05) is 40.5 Å². The number of thiophene rings is 1. The van der Waals surface area contributed by atoms with E-state index in [9.17, 15) is 4.79 Å². The van der Waals surface area contributed by atoms with Crippen molar-refractivity contribution in [1.29, 1.82) is 0 Å². The first kappa shape index (κ1) is 18.0. The van der Waals surface area contributed by atoms with Gasteiger partial charge < -0.3 is 14.8 Å². The predicted molar refractivity (Wildman–Crippen MR) is 102 cm³/mol. The molecule has 0 aliphatic carbocycles. The summed E-state index contributed by atoms with van der Waals surface area (Å²) >= 11 is 1.65. The monoisotopic (exact) mass is 371 g/mol. The van der Waals surface area contributed by atoms with Crippen molar-refractivity contribution in [3.05, 3.63) is 52.9 Å². The molecule has 1 aromatic carbocycles. The molecule has 7 heteroatoms. The zero-order valence-electron chi connectivity index (χ0n) is 14.8. The van der Waals surface area contributed by atoms with E-state index in [0.717, 1.165) is 16.8 Å². The van der Waals surface area contributed by atoms with Crippen molar-refractivity contribution in [3.63, 3.8) is 0 Å². The minimum absolute atomic E-state index is 0.0394. The number of carbonyl (C=O) groups is 1. The number of rotatable bonds is 8. The second kappa shape index (κ2) is 8.53. The highest BCUT2D eigenvalue weighted by atomic mass is 32.1. The Kier molecular flexibility index (Phi) is 5.91. The minimum atomic E-state index is -0.0394. The zero-order chi connectivity index (χ0) is 18.4. The molecule has 0 bridgehead atoms. The standard InChI is InChI=1S/C19H21N3O3S/c1-24-17-4-3-14(11-18(17)25-2)12-19(23)20-7-9-22-8-5-16(21-22)15-6-10-26-13-15/h3-6,8,10-11,13H,7,9,12H2,1-2H3,(H,20,23). The van der Waals surface area contributed by atoms with E-state index in [1.54, 1.807) is 31.6 Å². The topological polar surface area (TPSA) is 65.4 Å². The molecule has 0 atom stereocenters. The summed E-state index contributed by atoms with van der Waals surface area (Å²) in [5, 5.41) is 11.5. The Morgan fingerprint density at radius 3 is 2.77 bits per heavy atom. The maximum Gasteiger partial charge on any atom is 0.224 e. The maximum absolute atomic E-state index is 12.1. The summed E-state index contributed by atoms with van der Waals surface area (Å²) in [5.74, 6) is 1.23. The molecule has 136 valence electrons. The molecule has 6 nitrogen and oxygen atoms in total. The first-order chi connectivity index (χ1) is 12.7. The lowest BCUT2D eigenvalue weighted by atomic mass is 10.1. The van der Waals surface area contributed by atoms with Gasteiger partial charge in [0.05, 0.1) is 32.9 Å².